The first kappa shape index (κ1) is 15.8. The summed E-state index contributed by atoms with van der Waals surface area (Å²) in [7, 11) is -5.40. The Morgan fingerprint density at radius 3 is 1.64 bits per heavy atom. The fourth-order valence-corrected chi connectivity index (χ4v) is 3.52. The summed E-state index contributed by atoms with van der Waals surface area (Å²) in [4.78, 5) is 44.4. The highest BCUT2D eigenvalue weighted by atomic mass is 31.2. The van der Waals surface area contributed by atoms with E-state index >= 15 is 0 Å². The third kappa shape index (κ3) is 38.8. The number of rotatable bonds is 36. The maximum Gasteiger partial charge on any atom is 0.469 e. The van der Waals surface area contributed by atoms with E-state index in [1.54, 1.807) is 12.2 Å². The zero-order valence-electron chi connectivity index (χ0n) is 63.0. The van der Waals surface area contributed by atoms with Gasteiger partial charge in [-0.25, -0.2) is 4.57 Å². The molecule has 0 rings (SSSR count). The molecule has 50 heavy (non-hydrogen) atoms. The molecule has 290 valence electrons. The molecule has 0 aliphatic carbocycles. The lowest BCUT2D eigenvalue weighted by Gasteiger charge is -2.18. The molecular weight excluding hydrogens is 651 g/mol. The fraction of sp³-hybridized carbons (Fsp3) is 0.756. The van der Waals surface area contributed by atoms with Crippen molar-refractivity contribution in [2.45, 2.75) is 186 Å². The number of hydrogen-bond donors (Lipinski definition) is 2. The van der Waals surface area contributed by atoms with Crippen LogP contribution in [0.2, 0.25) is 0 Å². The van der Waals surface area contributed by atoms with Crippen molar-refractivity contribution in [3.63, 3.8) is 0 Å². The first-order valence-corrected chi connectivity index (χ1v) is 17.2. The summed E-state index contributed by atoms with van der Waals surface area (Å²) >= 11 is 0. The number of hydrogen-bond acceptors (Lipinski definition) is 6. The number of ether oxygens (including phenoxy) is 2. The molecule has 0 aromatic rings. The minimum atomic E-state index is -5.40. The van der Waals surface area contributed by atoms with Crippen molar-refractivity contribution in [3.05, 3.63) is 48.6 Å². The Hall–Kier alpha value is -1.99. The van der Waals surface area contributed by atoms with Crippen molar-refractivity contribution in [2.75, 3.05) is 13.2 Å². The third-order valence-corrected chi connectivity index (χ3v) is 5.86. The highest BCUT2D eigenvalue weighted by molar-refractivity contribution is 7.46. The molecule has 0 unspecified atom stereocenters. The van der Waals surface area contributed by atoms with Gasteiger partial charge in [-0.1, -0.05) is 164 Å². The molecule has 1 atom stereocenters. The second kappa shape index (κ2) is 36.8. The Morgan fingerprint density at radius 2 is 1.14 bits per heavy atom. The molecular formula is C41H73O8P. The van der Waals surface area contributed by atoms with Crippen LogP contribution in [0.3, 0.4) is 0 Å². The molecule has 0 saturated carbocycles. The van der Waals surface area contributed by atoms with Gasteiger partial charge in [-0.2, -0.15) is 0 Å². The minimum Gasteiger partial charge on any atom is -0.462 e. The zero-order valence-corrected chi connectivity index (χ0v) is 28.9. The lowest BCUT2D eigenvalue weighted by atomic mass is 10.0. The molecule has 8 nitrogen and oxygen atoms in total. The normalized spacial score (nSPS) is 28.2. The number of carbonyl (C=O) groups is 2. The Morgan fingerprint density at radius 1 is 0.660 bits per heavy atom. The van der Waals surface area contributed by atoms with E-state index in [1.165, 1.54) is 6.42 Å². The second-order valence-electron chi connectivity index (χ2n) is 9.48. The average Bonchev–Trinajstić information content (AvgIpc) is 0.869. The van der Waals surface area contributed by atoms with Crippen LogP contribution in [0.5, 0.6) is 0 Å². The second-order valence-corrected chi connectivity index (χ2v) is 10.7. The van der Waals surface area contributed by atoms with E-state index in [0.29, 0.717) is 19.3 Å². The largest absolute Gasteiger partial charge is 0.469 e. The van der Waals surface area contributed by atoms with E-state index in [0.717, 1.165) is 25.7 Å². The number of unbranched alkanes of at least 4 members (excludes halogenated alkanes) is 4. The van der Waals surface area contributed by atoms with Crippen LogP contribution < -0.4 is 0 Å². The minimum absolute atomic E-state index is 0.111. The summed E-state index contributed by atoms with van der Waals surface area (Å²) < 4.78 is 312. The topological polar surface area (TPSA) is 119 Å². The summed E-state index contributed by atoms with van der Waals surface area (Å²) in [6, 6.07) is 0. The molecule has 0 radical (unpaired) electrons. The first-order chi connectivity index (χ1) is 37.5. The number of allylic oxidation sites excluding steroid dienone is 8. The van der Waals surface area contributed by atoms with Gasteiger partial charge in [0.2, 0.25) is 0 Å². The van der Waals surface area contributed by atoms with Crippen molar-refractivity contribution >= 4 is 19.8 Å². The Kier molecular flexibility index (Phi) is 11.6. The van der Waals surface area contributed by atoms with Gasteiger partial charge in [0.25, 0.3) is 0 Å². The van der Waals surface area contributed by atoms with Crippen molar-refractivity contribution in [3.8, 4) is 0 Å². The van der Waals surface area contributed by atoms with Crippen LogP contribution in [0.4, 0.5) is 0 Å². The summed E-state index contributed by atoms with van der Waals surface area (Å²) in [6.45, 7) is -4.84. The summed E-state index contributed by atoms with van der Waals surface area (Å²) in [6.07, 6.45) is -61.4. The molecule has 0 spiro atoms. The zero-order chi connectivity index (χ0) is 68.0. The molecule has 9 heteroatoms. The van der Waals surface area contributed by atoms with Crippen LogP contribution in [-0.4, -0.2) is 41.0 Å². The van der Waals surface area contributed by atoms with Crippen LogP contribution in [0.15, 0.2) is 48.6 Å². The van der Waals surface area contributed by atoms with Crippen LogP contribution in [0.1, 0.15) is 228 Å². The Bertz CT molecular complexity index is 2390. The first-order valence-electron chi connectivity index (χ1n) is 33.1. The highest BCUT2D eigenvalue weighted by Crippen LogP contribution is 2.36. The lowest BCUT2D eigenvalue weighted by molar-refractivity contribution is -0.161. The quantitative estimate of drug-likeness (QED) is 0.0280. The van der Waals surface area contributed by atoms with Crippen LogP contribution in [-0.2, 0) is 28.2 Å². The smallest absolute Gasteiger partial charge is 0.462 e. The van der Waals surface area contributed by atoms with Crippen LogP contribution >= 0.6 is 7.82 Å². The van der Waals surface area contributed by atoms with E-state index in [9.17, 15) is 23.9 Å². The standard InChI is InChI=1S/C41H73O8P/c1-3-5-7-9-11-13-15-17-19-20-22-24-26-28-30-32-34-36-41(43)49-39(38-48-50(44,45)46)37-47-40(42)35-33-31-29-27-25-23-21-18-16-14-12-10-8-6-4-2/h11,13,17,19,22,24,28,30,39H,3-10,12,14-16,18,20-21,23,25-27,29,31-38H2,1-2H3,(H2,44,45,46)/b13-11-,19-17-,24-22-,30-28-/t39-/m1/s1/i2D3,4D2,6D2,8D2,10D2,12D2,14D2,16D2,18D2,21D2,23D2,25D2,27D2,29D2,31D2,33D2,35D2. The van der Waals surface area contributed by atoms with Crippen molar-refractivity contribution in [1.82, 2.24) is 0 Å². The molecule has 0 aromatic carbocycles. The maximum absolute atomic E-state index is 13.3. The van der Waals surface area contributed by atoms with Crippen LogP contribution in [0.25, 0.3) is 0 Å². The third-order valence-electron chi connectivity index (χ3n) is 5.38. The van der Waals surface area contributed by atoms with E-state index in [4.69, 9.17) is 52.7 Å². The molecule has 0 bridgehead atoms. The number of carbonyl (C=O) groups excluding carboxylic acids is 2. The van der Waals surface area contributed by atoms with E-state index in [-0.39, 0.29) is 6.42 Å². The van der Waals surface area contributed by atoms with Gasteiger partial charge in [0.15, 0.2) is 6.10 Å². The fourth-order valence-electron chi connectivity index (χ4n) is 3.16. The van der Waals surface area contributed by atoms with Gasteiger partial charge >= 0.3 is 19.8 Å². The molecule has 2 N–H and O–H groups in total. The van der Waals surface area contributed by atoms with Crippen molar-refractivity contribution in [1.29, 1.82) is 0 Å². The van der Waals surface area contributed by atoms with E-state index in [1.807, 2.05) is 24.3 Å². The Balaban J connectivity index is 6.83. The maximum atomic E-state index is 13.3. The van der Waals surface area contributed by atoms with Gasteiger partial charge in [-0.15, -0.1) is 0 Å². The SMILES string of the molecule is [2H]C([2H])([2H])C([2H])([2H])C([2H])([2H])C([2H])([2H])C([2H])([2H])C([2H])([2H])C([2H])([2H])C([2H])([2H])C([2H])([2H])C([2H])([2H])C([2H])([2H])C([2H])([2H])C([2H])([2H])C([2H])([2H])C([2H])([2H])C([2H])([2H])C([2H])([2H])C(=O)OC[C@H](COP(=O)(O)O)OC(=O)CCC/C=C\C/C=C\C/C=C\C/C=C\CCCCC. The van der Waals surface area contributed by atoms with Gasteiger partial charge < -0.3 is 19.3 Å². The molecule has 0 aliphatic heterocycles. The number of phosphoric acid groups is 1. The monoisotopic (exact) mass is 760 g/mol. The predicted molar refractivity (Wildman–Crippen MR) is 207 cm³/mol. The molecule has 0 aliphatic rings. The Labute approximate surface area is 355 Å². The number of phosphoric ester groups is 1. The molecule has 0 heterocycles. The predicted octanol–water partition coefficient (Wildman–Crippen LogP) is 12.0. The molecule has 0 saturated heterocycles. The van der Waals surface area contributed by atoms with Gasteiger partial charge in [-0.3, -0.25) is 14.1 Å². The van der Waals surface area contributed by atoms with Crippen molar-refractivity contribution in [2.24, 2.45) is 0 Å². The number of esters is 2. The lowest BCUT2D eigenvalue weighted by Crippen LogP contribution is -2.29. The highest BCUT2D eigenvalue weighted by Gasteiger charge is 2.22. The van der Waals surface area contributed by atoms with Crippen molar-refractivity contribution < 1.29 is 85.9 Å². The average molecular weight is 760 g/mol. The summed E-state index contributed by atoms with van der Waals surface area (Å²) in [5.74, 6) is -3.69. The molecule has 0 amide bonds. The van der Waals surface area contributed by atoms with Gasteiger partial charge in [0, 0.05) is 60.8 Å². The van der Waals surface area contributed by atoms with E-state index < -0.39 is 154 Å². The van der Waals surface area contributed by atoms with Gasteiger partial charge in [-0.05, 0) is 51.3 Å². The van der Waals surface area contributed by atoms with Gasteiger partial charge in [0.05, 0.1) is 6.61 Å². The summed E-state index contributed by atoms with van der Waals surface area (Å²) in [5.41, 5.74) is 0. The summed E-state index contributed by atoms with van der Waals surface area (Å²) in [5, 5.41) is 0. The van der Waals surface area contributed by atoms with Crippen LogP contribution in [0, 0.1) is 0 Å². The molecule has 0 fully saturated rings. The molecule has 0 aromatic heterocycles. The van der Waals surface area contributed by atoms with E-state index in [2.05, 4.69) is 28.3 Å². The van der Waals surface area contributed by atoms with Gasteiger partial charge in [0.1, 0.15) is 6.61 Å².